The van der Waals surface area contributed by atoms with E-state index in [9.17, 15) is 14.7 Å². The topological polar surface area (TPSA) is 60.4 Å². The van der Waals surface area contributed by atoms with Gasteiger partial charge in [0.25, 0.3) is 0 Å². The fourth-order valence-corrected chi connectivity index (χ4v) is 2.05. The van der Waals surface area contributed by atoms with Crippen LogP contribution in [0.5, 0.6) is 0 Å². The number of likely N-dealkylation sites (tertiary alicyclic amines) is 1. The molecule has 0 aromatic heterocycles. The predicted molar refractivity (Wildman–Crippen MR) is 59.8 cm³/mol. The van der Waals surface area contributed by atoms with Gasteiger partial charge >= 0.3 is 0 Å². The Morgan fingerprint density at radius 3 is 2.65 bits per heavy atom. The molecule has 1 aliphatic heterocycles. The molecule has 2 rings (SSSR count). The number of nitrogens with zero attached hydrogens (tertiary/aromatic N) is 1. The SMILES string of the molecule is O=C([O-])[C@@H]1CC(=O)N(CCc2ccccc2)C1. The van der Waals surface area contributed by atoms with Gasteiger partial charge in [0.15, 0.2) is 0 Å². The standard InChI is InChI=1S/C13H15NO3/c15-12-8-11(13(16)17)9-14(12)7-6-10-4-2-1-3-5-10/h1-5,11H,6-9H2,(H,16,17)/p-1/t11-/m1/s1. The summed E-state index contributed by atoms with van der Waals surface area (Å²) in [6.45, 7) is 0.862. The van der Waals surface area contributed by atoms with E-state index in [1.165, 1.54) is 0 Å². The van der Waals surface area contributed by atoms with E-state index in [1.54, 1.807) is 4.90 Å². The van der Waals surface area contributed by atoms with Crippen LogP contribution in [0.25, 0.3) is 0 Å². The summed E-state index contributed by atoms with van der Waals surface area (Å²) in [5, 5.41) is 10.7. The van der Waals surface area contributed by atoms with Crippen molar-refractivity contribution in [3.63, 3.8) is 0 Å². The zero-order valence-corrected chi connectivity index (χ0v) is 9.46. The number of aliphatic carboxylic acids is 1. The Morgan fingerprint density at radius 2 is 2.06 bits per heavy atom. The Kier molecular flexibility index (Phi) is 3.42. The summed E-state index contributed by atoms with van der Waals surface area (Å²) in [6.07, 6.45) is 0.837. The van der Waals surface area contributed by atoms with Gasteiger partial charge in [-0.3, -0.25) is 4.79 Å². The van der Waals surface area contributed by atoms with E-state index in [2.05, 4.69) is 0 Å². The van der Waals surface area contributed by atoms with Crippen LogP contribution in [0.1, 0.15) is 12.0 Å². The highest BCUT2D eigenvalue weighted by atomic mass is 16.4. The third-order valence-electron chi connectivity index (χ3n) is 3.06. The molecule has 0 N–H and O–H groups in total. The zero-order chi connectivity index (χ0) is 12.3. The Hall–Kier alpha value is -1.84. The summed E-state index contributed by atoms with van der Waals surface area (Å²) in [4.78, 5) is 23.8. The molecule has 4 nitrogen and oxygen atoms in total. The molecule has 0 bridgehead atoms. The minimum absolute atomic E-state index is 0.0805. The number of amides is 1. The molecule has 0 spiro atoms. The van der Waals surface area contributed by atoms with Gasteiger partial charge in [-0.25, -0.2) is 0 Å². The van der Waals surface area contributed by atoms with E-state index in [1.807, 2.05) is 30.3 Å². The van der Waals surface area contributed by atoms with Gasteiger partial charge < -0.3 is 14.8 Å². The highest BCUT2D eigenvalue weighted by Gasteiger charge is 2.29. The second-order valence-electron chi connectivity index (χ2n) is 4.30. The molecule has 4 heteroatoms. The molecule has 1 heterocycles. The number of rotatable bonds is 4. The van der Waals surface area contributed by atoms with Crippen molar-refractivity contribution in [3.8, 4) is 0 Å². The Balaban J connectivity index is 1.88. The van der Waals surface area contributed by atoms with Crippen LogP contribution >= 0.6 is 0 Å². The van der Waals surface area contributed by atoms with Crippen molar-refractivity contribution in [2.45, 2.75) is 12.8 Å². The molecule has 17 heavy (non-hydrogen) atoms. The van der Waals surface area contributed by atoms with Crippen LogP contribution in [0, 0.1) is 5.92 Å². The monoisotopic (exact) mass is 232 g/mol. The summed E-state index contributed by atoms with van der Waals surface area (Å²) in [5.41, 5.74) is 1.15. The normalized spacial score (nSPS) is 19.6. The lowest BCUT2D eigenvalue weighted by molar-refractivity contribution is -0.311. The van der Waals surface area contributed by atoms with E-state index >= 15 is 0 Å². The highest BCUT2D eigenvalue weighted by molar-refractivity contribution is 5.85. The van der Waals surface area contributed by atoms with Crippen LogP contribution in [0.4, 0.5) is 0 Å². The van der Waals surface area contributed by atoms with Crippen molar-refractivity contribution in [1.29, 1.82) is 0 Å². The Bertz CT molecular complexity index is 416. The first kappa shape index (κ1) is 11.6. The number of carboxylic acid groups (broad SMARTS) is 1. The van der Waals surface area contributed by atoms with E-state index in [4.69, 9.17) is 0 Å². The van der Waals surface area contributed by atoms with Crippen LogP contribution in [0.2, 0.25) is 0 Å². The third kappa shape index (κ3) is 2.84. The molecule has 0 aliphatic carbocycles. The van der Waals surface area contributed by atoms with Gasteiger partial charge in [0, 0.05) is 31.4 Å². The lowest BCUT2D eigenvalue weighted by Crippen LogP contribution is -2.34. The molecule has 1 aliphatic rings. The summed E-state index contributed by atoms with van der Waals surface area (Å²) < 4.78 is 0. The maximum Gasteiger partial charge on any atom is 0.223 e. The zero-order valence-electron chi connectivity index (χ0n) is 9.46. The number of hydrogen-bond donors (Lipinski definition) is 0. The summed E-state index contributed by atoms with van der Waals surface area (Å²) in [6, 6.07) is 9.83. The molecule has 1 aromatic carbocycles. The molecule has 0 radical (unpaired) electrons. The summed E-state index contributed by atoms with van der Waals surface area (Å²) >= 11 is 0. The molecular formula is C13H14NO3-. The Labute approximate surface area is 99.9 Å². The van der Waals surface area contributed by atoms with Gasteiger partial charge in [0.2, 0.25) is 5.91 Å². The molecule has 1 amide bonds. The van der Waals surface area contributed by atoms with E-state index < -0.39 is 11.9 Å². The smallest absolute Gasteiger partial charge is 0.223 e. The van der Waals surface area contributed by atoms with Crippen molar-refractivity contribution in [2.75, 3.05) is 13.1 Å². The average molecular weight is 232 g/mol. The number of carboxylic acids is 1. The minimum atomic E-state index is -1.12. The van der Waals surface area contributed by atoms with E-state index in [-0.39, 0.29) is 18.9 Å². The lowest BCUT2D eigenvalue weighted by atomic mass is 10.1. The van der Waals surface area contributed by atoms with Gasteiger partial charge in [0.05, 0.1) is 0 Å². The lowest BCUT2D eigenvalue weighted by Gasteiger charge is -2.16. The maximum atomic E-state index is 11.5. The number of hydrogen-bond acceptors (Lipinski definition) is 3. The predicted octanol–water partition coefficient (Wildman–Crippen LogP) is -0.172. The minimum Gasteiger partial charge on any atom is -0.550 e. The summed E-state index contributed by atoms with van der Waals surface area (Å²) in [5.74, 6) is -1.85. The van der Waals surface area contributed by atoms with Crippen molar-refractivity contribution >= 4 is 11.9 Å². The molecule has 1 atom stereocenters. The molecule has 1 saturated heterocycles. The van der Waals surface area contributed by atoms with Gasteiger partial charge in [-0.05, 0) is 12.0 Å². The van der Waals surface area contributed by atoms with Crippen LogP contribution < -0.4 is 5.11 Å². The highest BCUT2D eigenvalue weighted by Crippen LogP contribution is 2.17. The van der Waals surface area contributed by atoms with Gasteiger partial charge in [0.1, 0.15) is 0 Å². The van der Waals surface area contributed by atoms with Crippen molar-refractivity contribution in [3.05, 3.63) is 35.9 Å². The molecule has 1 aromatic rings. The van der Waals surface area contributed by atoms with E-state index in [0.29, 0.717) is 6.54 Å². The first-order valence-electron chi connectivity index (χ1n) is 5.69. The average Bonchev–Trinajstić information content (AvgIpc) is 2.70. The molecule has 0 saturated carbocycles. The largest absolute Gasteiger partial charge is 0.550 e. The molecule has 90 valence electrons. The first-order valence-corrected chi connectivity index (χ1v) is 5.69. The quantitative estimate of drug-likeness (QED) is 0.724. The van der Waals surface area contributed by atoms with Crippen LogP contribution in [0.3, 0.4) is 0 Å². The van der Waals surface area contributed by atoms with Gasteiger partial charge in [-0.2, -0.15) is 0 Å². The molecular weight excluding hydrogens is 218 g/mol. The molecule has 0 unspecified atom stereocenters. The van der Waals surface area contributed by atoms with Crippen LogP contribution in [-0.2, 0) is 16.0 Å². The summed E-state index contributed by atoms with van der Waals surface area (Å²) in [7, 11) is 0. The van der Waals surface area contributed by atoms with Gasteiger partial charge in [-0.1, -0.05) is 30.3 Å². The number of carbonyl (C=O) groups is 2. The van der Waals surface area contributed by atoms with E-state index in [0.717, 1.165) is 12.0 Å². The van der Waals surface area contributed by atoms with Crippen molar-refractivity contribution in [1.82, 2.24) is 4.90 Å². The van der Waals surface area contributed by atoms with Crippen molar-refractivity contribution < 1.29 is 14.7 Å². The second-order valence-corrected chi connectivity index (χ2v) is 4.30. The number of carbonyl (C=O) groups excluding carboxylic acids is 2. The maximum absolute atomic E-state index is 11.5. The molecule has 1 fully saturated rings. The first-order chi connectivity index (χ1) is 8.16. The van der Waals surface area contributed by atoms with Gasteiger partial charge in [-0.15, -0.1) is 0 Å². The van der Waals surface area contributed by atoms with Crippen LogP contribution in [0.15, 0.2) is 30.3 Å². The second kappa shape index (κ2) is 4.99. The van der Waals surface area contributed by atoms with Crippen LogP contribution in [-0.4, -0.2) is 29.9 Å². The fraction of sp³-hybridized carbons (Fsp3) is 0.385. The fourth-order valence-electron chi connectivity index (χ4n) is 2.05. The third-order valence-corrected chi connectivity index (χ3v) is 3.06. The Morgan fingerprint density at radius 1 is 1.35 bits per heavy atom. The number of benzene rings is 1. The van der Waals surface area contributed by atoms with Crippen molar-refractivity contribution in [2.24, 2.45) is 5.92 Å².